The summed E-state index contributed by atoms with van der Waals surface area (Å²) in [7, 11) is 0. The van der Waals surface area contributed by atoms with Crippen LogP contribution in [0.4, 0.5) is 0 Å². The van der Waals surface area contributed by atoms with Gasteiger partial charge in [0, 0.05) is 0 Å². The van der Waals surface area contributed by atoms with Crippen molar-refractivity contribution in [2.45, 2.75) is 52.1 Å². The molecule has 0 amide bonds. The van der Waals surface area contributed by atoms with Crippen LogP contribution in [0.2, 0.25) is 0 Å². The zero-order chi connectivity index (χ0) is 11.7. The third kappa shape index (κ3) is 1.11. The van der Waals surface area contributed by atoms with Crippen molar-refractivity contribution in [1.82, 2.24) is 0 Å². The Labute approximate surface area is 98.9 Å². The highest BCUT2D eigenvalue weighted by Crippen LogP contribution is 2.71. The van der Waals surface area contributed by atoms with E-state index in [1.54, 1.807) is 0 Å². The van der Waals surface area contributed by atoms with Crippen molar-refractivity contribution in [3.8, 4) is 0 Å². The predicted octanol–water partition coefficient (Wildman–Crippen LogP) is 3.39. The normalized spacial score (nSPS) is 54.1. The van der Waals surface area contributed by atoms with E-state index in [0.29, 0.717) is 17.3 Å². The van der Waals surface area contributed by atoms with E-state index in [0.717, 1.165) is 30.3 Å². The molecule has 1 N–H and O–H groups in total. The monoisotopic (exact) mass is 220 g/mol. The molecule has 16 heavy (non-hydrogen) atoms. The lowest BCUT2D eigenvalue weighted by Gasteiger charge is -2.34. The van der Waals surface area contributed by atoms with Crippen molar-refractivity contribution in [1.29, 1.82) is 0 Å². The third-order valence-corrected chi connectivity index (χ3v) is 6.04. The Morgan fingerprint density at radius 3 is 2.62 bits per heavy atom. The second-order valence-electron chi connectivity index (χ2n) is 7.06. The molecule has 90 valence electrons. The van der Waals surface area contributed by atoms with Crippen LogP contribution in [-0.4, -0.2) is 10.7 Å². The lowest BCUT2D eigenvalue weighted by molar-refractivity contribution is 0.0137. The molecule has 0 aliphatic heterocycles. The van der Waals surface area contributed by atoms with Gasteiger partial charge in [0.2, 0.25) is 0 Å². The minimum Gasteiger partial charge on any atom is -0.385 e. The van der Waals surface area contributed by atoms with Crippen molar-refractivity contribution >= 4 is 0 Å². The van der Waals surface area contributed by atoms with Gasteiger partial charge in [0.25, 0.3) is 0 Å². The minimum absolute atomic E-state index is 0.470. The summed E-state index contributed by atoms with van der Waals surface area (Å²) >= 11 is 0. The molecule has 3 aliphatic rings. The van der Waals surface area contributed by atoms with Gasteiger partial charge in [-0.2, -0.15) is 0 Å². The standard InChI is InChI=1S/C15H24O/c1-9-7-8-15(16)10(2)5-6-11-13(12(9)15)14(11,3)4/h9,11-13,16H,2,5-8H2,1,3-4H3. The molecule has 0 bridgehead atoms. The number of hydrogen-bond donors (Lipinski definition) is 1. The molecule has 0 saturated heterocycles. The summed E-state index contributed by atoms with van der Waals surface area (Å²) in [4.78, 5) is 0. The number of fused-ring (bicyclic) bond motifs is 3. The number of rotatable bonds is 0. The van der Waals surface area contributed by atoms with Gasteiger partial charge in [0.15, 0.2) is 0 Å². The van der Waals surface area contributed by atoms with E-state index < -0.39 is 5.60 Å². The molecular formula is C15H24O. The van der Waals surface area contributed by atoms with Crippen molar-refractivity contribution in [2.75, 3.05) is 0 Å². The highest BCUT2D eigenvalue weighted by Gasteiger charge is 2.68. The molecular weight excluding hydrogens is 196 g/mol. The highest BCUT2D eigenvalue weighted by atomic mass is 16.3. The summed E-state index contributed by atoms with van der Waals surface area (Å²) in [6.45, 7) is 11.3. The van der Waals surface area contributed by atoms with Crippen LogP contribution in [0, 0.1) is 29.1 Å². The van der Waals surface area contributed by atoms with Crippen LogP contribution in [-0.2, 0) is 0 Å². The van der Waals surface area contributed by atoms with Crippen molar-refractivity contribution in [2.24, 2.45) is 29.1 Å². The van der Waals surface area contributed by atoms with E-state index >= 15 is 0 Å². The van der Waals surface area contributed by atoms with Gasteiger partial charge < -0.3 is 5.11 Å². The molecule has 1 nitrogen and oxygen atoms in total. The summed E-state index contributed by atoms with van der Waals surface area (Å²) in [6.07, 6.45) is 4.43. The quantitative estimate of drug-likeness (QED) is 0.620. The molecule has 0 aromatic heterocycles. The van der Waals surface area contributed by atoms with E-state index in [-0.39, 0.29) is 0 Å². The fraction of sp³-hybridized carbons (Fsp3) is 0.867. The first-order valence-corrected chi connectivity index (χ1v) is 6.79. The summed E-state index contributed by atoms with van der Waals surface area (Å²) in [5.41, 5.74) is 1.08. The van der Waals surface area contributed by atoms with Crippen LogP contribution in [0.25, 0.3) is 0 Å². The lowest BCUT2D eigenvalue weighted by atomic mass is 9.76. The van der Waals surface area contributed by atoms with Crippen LogP contribution in [0.5, 0.6) is 0 Å². The average Bonchev–Trinajstić information content (AvgIpc) is 2.64. The van der Waals surface area contributed by atoms with Crippen molar-refractivity contribution < 1.29 is 5.11 Å². The molecule has 0 spiro atoms. The zero-order valence-corrected chi connectivity index (χ0v) is 10.8. The van der Waals surface area contributed by atoms with E-state index in [1.807, 2.05) is 0 Å². The van der Waals surface area contributed by atoms with Gasteiger partial charge in [-0.15, -0.1) is 0 Å². The van der Waals surface area contributed by atoms with Gasteiger partial charge in [-0.05, 0) is 60.3 Å². The molecule has 0 aromatic carbocycles. The summed E-state index contributed by atoms with van der Waals surface area (Å²) in [5.74, 6) is 2.75. The maximum atomic E-state index is 11.0. The summed E-state index contributed by atoms with van der Waals surface area (Å²) in [5, 5.41) is 11.0. The lowest BCUT2D eigenvalue weighted by Crippen LogP contribution is -2.38. The largest absolute Gasteiger partial charge is 0.385 e. The Hall–Kier alpha value is -0.300. The van der Waals surface area contributed by atoms with E-state index in [4.69, 9.17) is 0 Å². The number of aliphatic hydroxyl groups is 1. The Bertz CT molecular complexity index is 343. The smallest absolute Gasteiger partial charge is 0.0887 e. The van der Waals surface area contributed by atoms with Gasteiger partial charge in [-0.25, -0.2) is 0 Å². The summed E-state index contributed by atoms with van der Waals surface area (Å²) < 4.78 is 0. The molecule has 3 aliphatic carbocycles. The van der Waals surface area contributed by atoms with Gasteiger partial charge >= 0.3 is 0 Å². The van der Waals surface area contributed by atoms with E-state index in [2.05, 4.69) is 27.4 Å². The Morgan fingerprint density at radius 1 is 1.25 bits per heavy atom. The fourth-order valence-electron chi connectivity index (χ4n) is 4.93. The molecule has 3 fully saturated rings. The Kier molecular flexibility index (Phi) is 1.98. The molecule has 5 unspecified atom stereocenters. The third-order valence-electron chi connectivity index (χ3n) is 6.04. The molecule has 0 aromatic rings. The minimum atomic E-state index is -0.521. The van der Waals surface area contributed by atoms with Crippen molar-refractivity contribution in [3.63, 3.8) is 0 Å². The highest BCUT2D eigenvalue weighted by molar-refractivity contribution is 5.27. The Morgan fingerprint density at radius 2 is 1.94 bits per heavy atom. The van der Waals surface area contributed by atoms with Crippen LogP contribution in [0.3, 0.4) is 0 Å². The van der Waals surface area contributed by atoms with Crippen LogP contribution in [0.1, 0.15) is 46.5 Å². The maximum absolute atomic E-state index is 11.0. The van der Waals surface area contributed by atoms with Crippen LogP contribution >= 0.6 is 0 Å². The van der Waals surface area contributed by atoms with Crippen molar-refractivity contribution in [3.05, 3.63) is 12.2 Å². The molecule has 0 radical (unpaired) electrons. The van der Waals surface area contributed by atoms with E-state index in [1.165, 1.54) is 12.8 Å². The SMILES string of the molecule is C=C1CCC2C(C3C(C)CCC13O)C2(C)C. The second-order valence-corrected chi connectivity index (χ2v) is 7.06. The molecule has 3 rings (SSSR count). The first-order valence-electron chi connectivity index (χ1n) is 6.79. The zero-order valence-electron chi connectivity index (χ0n) is 10.8. The first kappa shape index (κ1) is 10.8. The summed E-state index contributed by atoms with van der Waals surface area (Å²) in [6, 6.07) is 0. The first-order chi connectivity index (χ1) is 7.39. The van der Waals surface area contributed by atoms with E-state index in [9.17, 15) is 5.11 Å². The van der Waals surface area contributed by atoms with Gasteiger partial charge in [0.1, 0.15) is 0 Å². The molecule has 3 saturated carbocycles. The van der Waals surface area contributed by atoms with Crippen LogP contribution < -0.4 is 0 Å². The average molecular weight is 220 g/mol. The second kappa shape index (κ2) is 2.93. The number of hydrogen-bond acceptors (Lipinski definition) is 1. The van der Waals surface area contributed by atoms with Gasteiger partial charge in [-0.3, -0.25) is 0 Å². The topological polar surface area (TPSA) is 20.2 Å². The van der Waals surface area contributed by atoms with Gasteiger partial charge in [0.05, 0.1) is 5.60 Å². The maximum Gasteiger partial charge on any atom is 0.0887 e. The Balaban J connectivity index is 2.01. The molecule has 1 heteroatoms. The van der Waals surface area contributed by atoms with Crippen LogP contribution in [0.15, 0.2) is 12.2 Å². The molecule has 0 heterocycles. The molecule has 5 atom stereocenters. The fourth-order valence-corrected chi connectivity index (χ4v) is 4.93. The predicted molar refractivity (Wildman–Crippen MR) is 66.0 cm³/mol. The van der Waals surface area contributed by atoms with Gasteiger partial charge in [-0.1, -0.05) is 27.4 Å².